The van der Waals surface area contributed by atoms with E-state index < -0.39 is 0 Å². The maximum atomic E-state index is 9.13. The zero-order valence-corrected chi connectivity index (χ0v) is 10.5. The van der Waals surface area contributed by atoms with E-state index in [0.717, 1.165) is 24.7 Å². The zero-order valence-electron chi connectivity index (χ0n) is 10.5. The molecule has 1 saturated heterocycles. The molecule has 3 rings (SSSR count). The maximum absolute atomic E-state index is 9.13. The van der Waals surface area contributed by atoms with E-state index in [0.29, 0.717) is 23.4 Å². The van der Waals surface area contributed by atoms with Crippen LogP contribution < -0.4 is 5.32 Å². The predicted molar refractivity (Wildman–Crippen MR) is 68.3 cm³/mol. The highest BCUT2D eigenvalue weighted by Crippen LogP contribution is 2.39. The van der Waals surface area contributed by atoms with Crippen molar-refractivity contribution in [1.82, 2.24) is 4.98 Å². The predicted octanol–water partition coefficient (Wildman–Crippen LogP) is 2.28. The van der Waals surface area contributed by atoms with Crippen molar-refractivity contribution >= 4 is 5.82 Å². The number of ether oxygens (including phenoxy) is 1. The lowest BCUT2D eigenvalue weighted by Crippen LogP contribution is -2.40. The molecule has 1 aliphatic carbocycles. The molecule has 4 heteroatoms. The highest BCUT2D eigenvalue weighted by Gasteiger charge is 2.28. The summed E-state index contributed by atoms with van der Waals surface area (Å²) in [4.78, 5) is 4.61. The van der Waals surface area contributed by atoms with Crippen LogP contribution in [0, 0.1) is 17.2 Å². The van der Waals surface area contributed by atoms with Crippen LogP contribution in [0.25, 0.3) is 0 Å². The SMILES string of the molecule is CC(Nc1nc(C2CC2)ccc1C#N)C1COC1. The standard InChI is InChI=1S/C14H17N3O/c1-9(12-7-18-8-12)16-14-11(6-15)4-5-13(17-14)10-2-3-10/h4-5,9-10,12H,2-3,7-8H2,1H3,(H,16,17). The van der Waals surface area contributed by atoms with Gasteiger partial charge in [-0.15, -0.1) is 0 Å². The van der Waals surface area contributed by atoms with Crippen molar-refractivity contribution in [2.45, 2.75) is 31.7 Å². The maximum Gasteiger partial charge on any atom is 0.144 e. The van der Waals surface area contributed by atoms with Gasteiger partial charge in [0.25, 0.3) is 0 Å². The molecule has 0 bridgehead atoms. The smallest absolute Gasteiger partial charge is 0.144 e. The number of hydrogen-bond donors (Lipinski definition) is 1. The molecule has 0 aromatic carbocycles. The molecule has 1 N–H and O–H groups in total. The molecular formula is C14H17N3O. The van der Waals surface area contributed by atoms with Gasteiger partial charge in [0, 0.05) is 23.6 Å². The number of rotatable bonds is 4. The quantitative estimate of drug-likeness (QED) is 0.881. The van der Waals surface area contributed by atoms with E-state index in [1.807, 2.05) is 12.1 Å². The monoisotopic (exact) mass is 243 g/mol. The van der Waals surface area contributed by atoms with Crippen molar-refractivity contribution in [2.75, 3.05) is 18.5 Å². The first-order valence-electron chi connectivity index (χ1n) is 6.53. The van der Waals surface area contributed by atoms with Gasteiger partial charge in [-0.3, -0.25) is 0 Å². The number of anilines is 1. The topological polar surface area (TPSA) is 57.9 Å². The Bertz CT molecular complexity index is 486. The van der Waals surface area contributed by atoms with Gasteiger partial charge in [0.05, 0.1) is 18.8 Å². The van der Waals surface area contributed by atoms with Gasteiger partial charge in [-0.1, -0.05) is 0 Å². The summed E-state index contributed by atoms with van der Waals surface area (Å²) in [5.41, 5.74) is 1.75. The fourth-order valence-corrected chi connectivity index (χ4v) is 2.16. The zero-order chi connectivity index (χ0) is 12.5. The molecular weight excluding hydrogens is 226 g/mol. The third-order valence-electron chi connectivity index (χ3n) is 3.77. The Hall–Kier alpha value is -1.60. The third-order valence-corrected chi connectivity index (χ3v) is 3.77. The van der Waals surface area contributed by atoms with Crippen LogP contribution in [0.4, 0.5) is 5.82 Å². The van der Waals surface area contributed by atoms with Crippen LogP contribution in [-0.2, 0) is 4.74 Å². The largest absolute Gasteiger partial charge is 0.381 e. The summed E-state index contributed by atoms with van der Waals surface area (Å²) in [6, 6.07) is 6.37. The van der Waals surface area contributed by atoms with Gasteiger partial charge in [0.1, 0.15) is 11.9 Å². The van der Waals surface area contributed by atoms with Crippen molar-refractivity contribution < 1.29 is 4.74 Å². The van der Waals surface area contributed by atoms with Gasteiger partial charge in [-0.2, -0.15) is 5.26 Å². The molecule has 1 saturated carbocycles. The molecule has 18 heavy (non-hydrogen) atoms. The van der Waals surface area contributed by atoms with Crippen LogP contribution in [0.1, 0.15) is 36.9 Å². The number of pyridine rings is 1. The molecule has 1 aromatic rings. The van der Waals surface area contributed by atoms with E-state index in [1.165, 1.54) is 12.8 Å². The van der Waals surface area contributed by atoms with Crippen LogP contribution in [0.3, 0.4) is 0 Å². The number of nitrogens with one attached hydrogen (secondary N) is 1. The lowest BCUT2D eigenvalue weighted by Gasteiger charge is -2.32. The summed E-state index contributed by atoms with van der Waals surface area (Å²) in [5, 5.41) is 12.5. The molecule has 0 amide bonds. The minimum atomic E-state index is 0.299. The van der Waals surface area contributed by atoms with Gasteiger partial charge in [0.15, 0.2) is 0 Å². The molecule has 2 fully saturated rings. The Morgan fingerprint density at radius 3 is 2.78 bits per heavy atom. The van der Waals surface area contributed by atoms with Crippen molar-refractivity contribution in [3.05, 3.63) is 23.4 Å². The third kappa shape index (κ3) is 2.19. The second-order valence-corrected chi connectivity index (χ2v) is 5.25. The molecule has 94 valence electrons. The Balaban J connectivity index is 1.79. The Labute approximate surface area is 107 Å². The van der Waals surface area contributed by atoms with Crippen LogP contribution in [0.15, 0.2) is 12.1 Å². The molecule has 2 aliphatic rings. The van der Waals surface area contributed by atoms with E-state index in [4.69, 9.17) is 10.00 Å². The Morgan fingerprint density at radius 2 is 2.22 bits per heavy atom. The fraction of sp³-hybridized carbons (Fsp3) is 0.571. The molecule has 1 aliphatic heterocycles. The molecule has 0 spiro atoms. The minimum Gasteiger partial charge on any atom is -0.381 e. The fourth-order valence-electron chi connectivity index (χ4n) is 2.16. The van der Waals surface area contributed by atoms with Crippen LogP contribution in [-0.4, -0.2) is 24.2 Å². The summed E-state index contributed by atoms with van der Waals surface area (Å²) in [5.74, 6) is 1.88. The molecule has 2 heterocycles. The van der Waals surface area contributed by atoms with Crippen molar-refractivity contribution in [3.8, 4) is 6.07 Å². The van der Waals surface area contributed by atoms with E-state index in [-0.39, 0.29) is 0 Å². The Kier molecular flexibility index (Phi) is 2.92. The number of nitrogens with zero attached hydrogens (tertiary/aromatic N) is 2. The summed E-state index contributed by atoms with van der Waals surface area (Å²) < 4.78 is 5.20. The summed E-state index contributed by atoms with van der Waals surface area (Å²) in [6.07, 6.45) is 2.45. The molecule has 1 atom stereocenters. The number of nitriles is 1. The van der Waals surface area contributed by atoms with E-state index >= 15 is 0 Å². The van der Waals surface area contributed by atoms with Gasteiger partial charge >= 0.3 is 0 Å². The van der Waals surface area contributed by atoms with Gasteiger partial charge in [0.2, 0.25) is 0 Å². The molecule has 4 nitrogen and oxygen atoms in total. The first-order valence-corrected chi connectivity index (χ1v) is 6.53. The summed E-state index contributed by atoms with van der Waals surface area (Å²) in [6.45, 7) is 3.73. The highest BCUT2D eigenvalue weighted by atomic mass is 16.5. The lowest BCUT2D eigenvalue weighted by molar-refractivity contribution is -0.0379. The summed E-state index contributed by atoms with van der Waals surface area (Å²) in [7, 11) is 0. The first kappa shape index (κ1) is 11.5. The van der Waals surface area contributed by atoms with Gasteiger partial charge in [-0.05, 0) is 31.9 Å². The average Bonchev–Trinajstić information content (AvgIpc) is 3.10. The lowest BCUT2D eigenvalue weighted by atomic mass is 9.99. The highest BCUT2D eigenvalue weighted by molar-refractivity contribution is 5.53. The number of hydrogen-bond acceptors (Lipinski definition) is 4. The van der Waals surface area contributed by atoms with Crippen LogP contribution >= 0.6 is 0 Å². The first-order chi connectivity index (χ1) is 8.78. The summed E-state index contributed by atoms with van der Waals surface area (Å²) >= 11 is 0. The van der Waals surface area contributed by atoms with Crippen molar-refractivity contribution in [1.29, 1.82) is 5.26 Å². The van der Waals surface area contributed by atoms with Crippen molar-refractivity contribution in [2.24, 2.45) is 5.92 Å². The van der Waals surface area contributed by atoms with Gasteiger partial charge in [-0.25, -0.2) is 4.98 Å². The second kappa shape index (κ2) is 4.58. The molecule has 1 aromatic heterocycles. The van der Waals surface area contributed by atoms with Gasteiger partial charge < -0.3 is 10.1 Å². The van der Waals surface area contributed by atoms with Crippen LogP contribution in [0.5, 0.6) is 0 Å². The molecule has 0 radical (unpaired) electrons. The van der Waals surface area contributed by atoms with E-state index in [2.05, 4.69) is 23.3 Å². The normalized spacial score (nSPS) is 20.9. The number of aromatic nitrogens is 1. The minimum absolute atomic E-state index is 0.299. The van der Waals surface area contributed by atoms with E-state index in [1.54, 1.807) is 0 Å². The molecule has 1 unspecified atom stereocenters. The second-order valence-electron chi connectivity index (χ2n) is 5.25. The van der Waals surface area contributed by atoms with Crippen molar-refractivity contribution in [3.63, 3.8) is 0 Å². The Morgan fingerprint density at radius 1 is 1.44 bits per heavy atom. The van der Waals surface area contributed by atoms with E-state index in [9.17, 15) is 0 Å². The van der Waals surface area contributed by atoms with Crippen LogP contribution in [0.2, 0.25) is 0 Å². The average molecular weight is 243 g/mol.